The standard InChI is InChI=1S/C23H25N5O3S/c1-5-26-22(21(25-23(26)32)18-8-6-7-11-24-18)17-12-14(2)27(15(17)3)19-10-9-16(28(29)30)13-20(19)31-4/h6-13,21-22H,5H2,1-4H3,(H,25,32). The van der Waals surface area contributed by atoms with Gasteiger partial charge >= 0.3 is 0 Å². The number of nitrogens with one attached hydrogen (secondary N) is 1. The molecule has 0 bridgehead atoms. The van der Waals surface area contributed by atoms with E-state index in [4.69, 9.17) is 17.0 Å². The fourth-order valence-corrected chi connectivity index (χ4v) is 4.88. The van der Waals surface area contributed by atoms with Gasteiger partial charge in [0, 0.05) is 30.2 Å². The number of hydrogen-bond acceptors (Lipinski definition) is 5. The summed E-state index contributed by atoms with van der Waals surface area (Å²) >= 11 is 5.64. The summed E-state index contributed by atoms with van der Waals surface area (Å²) < 4.78 is 7.58. The van der Waals surface area contributed by atoms with Crippen molar-refractivity contribution in [1.29, 1.82) is 0 Å². The Balaban J connectivity index is 1.85. The van der Waals surface area contributed by atoms with Gasteiger partial charge < -0.3 is 19.5 Å². The summed E-state index contributed by atoms with van der Waals surface area (Å²) in [4.78, 5) is 17.5. The summed E-state index contributed by atoms with van der Waals surface area (Å²) in [6.07, 6.45) is 1.79. The average Bonchev–Trinajstić information content (AvgIpc) is 3.28. The number of hydrogen-bond donors (Lipinski definition) is 1. The van der Waals surface area contributed by atoms with E-state index in [2.05, 4.69) is 32.8 Å². The van der Waals surface area contributed by atoms with Gasteiger partial charge in [0.1, 0.15) is 5.75 Å². The van der Waals surface area contributed by atoms with Gasteiger partial charge in [0.05, 0.1) is 41.6 Å². The number of aryl methyl sites for hydroxylation is 1. The summed E-state index contributed by atoms with van der Waals surface area (Å²) in [7, 11) is 1.52. The van der Waals surface area contributed by atoms with Gasteiger partial charge in [-0.15, -0.1) is 0 Å². The zero-order valence-corrected chi connectivity index (χ0v) is 19.2. The molecule has 0 saturated carbocycles. The molecule has 4 rings (SSSR count). The third-order valence-corrected chi connectivity index (χ3v) is 6.29. The van der Waals surface area contributed by atoms with E-state index in [1.54, 1.807) is 12.3 Å². The van der Waals surface area contributed by atoms with E-state index in [1.165, 1.54) is 19.2 Å². The number of non-ortho nitro benzene ring substituents is 1. The van der Waals surface area contributed by atoms with Gasteiger partial charge in [-0.1, -0.05) is 6.07 Å². The number of thiocarbonyl (C=S) groups is 1. The van der Waals surface area contributed by atoms with Crippen molar-refractivity contribution >= 4 is 23.0 Å². The number of aromatic nitrogens is 2. The smallest absolute Gasteiger partial charge is 0.273 e. The minimum absolute atomic E-state index is 0.00833. The fraction of sp³-hybridized carbons (Fsp3) is 0.304. The molecule has 166 valence electrons. The molecule has 3 aromatic rings. The number of pyridine rings is 1. The van der Waals surface area contributed by atoms with Crippen LogP contribution < -0.4 is 10.1 Å². The molecule has 1 N–H and O–H groups in total. The van der Waals surface area contributed by atoms with E-state index < -0.39 is 4.92 Å². The van der Waals surface area contributed by atoms with Gasteiger partial charge in [-0.05, 0) is 62.8 Å². The molecule has 32 heavy (non-hydrogen) atoms. The van der Waals surface area contributed by atoms with E-state index in [0.29, 0.717) is 10.9 Å². The maximum absolute atomic E-state index is 11.2. The molecule has 1 saturated heterocycles. The summed E-state index contributed by atoms with van der Waals surface area (Å²) in [5.41, 5.74) is 4.81. The summed E-state index contributed by atoms with van der Waals surface area (Å²) in [6, 6.07) is 12.6. The van der Waals surface area contributed by atoms with Gasteiger partial charge in [0.2, 0.25) is 0 Å². The topological polar surface area (TPSA) is 85.5 Å². The van der Waals surface area contributed by atoms with Gasteiger partial charge in [-0.25, -0.2) is 0 Å². The molecule has 8 nitrogen and oxygen atoms in total. The van der Waals surface area contributed by atoms with Crippen molar-refractivity contribution in [2.24, 2.45) is 0 Å². The third-order valence-electron chi connectivity index (χ3n) is 5.94. The Morgan fingerprint density at radius 1 is 1.25 bits per heavy atom. The minimum Gasteiger partial charge on any atom is -0.494 e. The van der Waals surface area contributed by atoms with Crippen LogP contribution in [-0.4, -0.2) is 38.1 Å². The Labute approximate surface area is 192 Å². The van der Waals surface area contributed by atoms with Crippen LogP contribution in [0.15, 0.2) is 48.7 Å². The predicted molar refractivity (Wildman–Crippen MR) is 126 cm³/mol. The zero-order chi connectivity index (χ0) is 23.0. The van der Waals surface area contributed by atoms with E-state index in [-0.39, 0.29) is 17.8 Å². The largest absolute Gasteiger partial charge is 0.494 e. The maximum Gasteiger partial charge on any atom is 0.273 e. The lowest BCUT2D eigenvalue weighted by molar-refractivity contribution is -0.384. The number of nitrogens with zero attached hydrogens (tertiary/aromatic N) is 4. The maximum atomic E-state index is 11.2. The Morgan fingerprint density at radius 2 is 2.03 bits per heavy atom. The average molecular weight is 452 g/mol. The van der Waals surface area contributed by atoms with Crippen molar-refractivity contribution < 1.29 is 9.66 Å². The van der Waals surface area contributed by atoms with Crippen LogP contribution in [0.3, 0.4) is 0 Å². The Hall–Kier alpha value is -3.46. The summed E-state index contributed by atoms with van der Waals surface area (Å²) in [6.45, 7) is 6.91. The molecule has 1 aliphatic heterocycles. The quantitative estimate of drug-likeness (QED) is 0.338. The van der Waals surface area contributed by atoms with Crippen LogP contribution in [0.25, 0.3) is 5.69 Å². The number of nitro groups is 1. The number of methoxy groups -OCH3 is 1. The number of rotatable bonds is 6. The third kappa shape index (κ3) is 3.58. The monoisotopic (exact) mass is 451 g/mol. The van der Waals surface area contributed by atoms with E-state index >= 15 is 0 Å². The molecule has 2 unspecified atom stereocenters. The lowest BCUT2D eigenvalue weighted by Crippen LogP contribution is -2.29. The first kappa shape index (κ1) is 21.8. The highest BCUT2D eigenvalue weighted by molar-refractivity contribution is 7.80. The molecule has 1 fully saturated rings. The highest BCUT2D eigenvalue weighted by atomic mass is 32.1. The van der Waals surface area contributed by atoms with Gasteiger partial charge in [0.25, 0.3) is 5.69 Å². The normalized spacial score (nSPS) is 18.0. The van der Waals surface area contributed by atoms with Crippen molar-refractivity contribution in [3.05, 3.63) is 81.4 Å². The first-order valence-corrected chi connectivity index (χ1v) is 10.8. The van der Waals surface area contributed by atoms with Gasteiger partial charge in [-0.2, -0.15) is 0 Å². The Kier molecular flexibility index (Phi) is 5.84. The van der Waals surface area contributed by atoms with Gasteiger partial charge in [0.15, 0.2) is 5.11 Å². The molecule has 2 atom stereocenters. The highest BCUT2D eigenvalue weighted by Gasteiger charge is 2.40. The Morgan fingerprint density at radius 3 is 2.66 bits per heavy atom. The van der Waals surface area contributed by atoms with Crippen LogP contribution in [0.2, 0.25) is 0 Å². The summed E-state index contributed by atoms with van der Waals surface area (Å²) in [5.74, 6) is 0.446. The van der Waals surface area contributed by atoms with Crippen LogP contribution in [0, 0.1) is 24.0 Å². The lowest BCUT2D eigenvalue weighted by atomic mass is 9.97. The van der Waals surface area contributed by atoms with Crippen LogP contribution in [-0.2, 0) is 0 Å². The number of nitro benzene ring substituents is 1. The molecule has 0 spiro atoms. The van der Waals surface area contributed by atoms with Crippen LogP contribution >= 0.6 is 12.2 Å². The number of ether oxygens (including phenoxy) is 1. The highest BCUT2D eigenvalue weighted by Crippen LogP contribution is 2.42. The SMILES string of the molecule is CCN1C(=S)NC(c2ccccn2)C1c1cc(C)n(-c2ccc([N+](=O)[O-])cc2OC)c1C. The van der Waals surface area contributed by atoms with Crippen LogP contribution in [0.4, 0.5) is 5.69 Å². The molecular weight excluding hydrogens is 426 g/mol. The lowest BCUT2D eigenvalue weighted by Gasteiger charge is -2.27. The van der Waals surface area contributed by atoms with Crippen molar-refractivity contribution in [3.8, 4) is 11.4 Å². The second kappa shape index (κ2) is 8.58. The van der Waals surface area contributed by atoms with Crippen LogP contribution in [0.1, 0.15) is 41.7 Å². The molecule has 3 heterocycles. The second-order valence-corrected chi connectivity index (χ2v) is 8.07. The van der Waals surface area contributed by atoms with Crippen LogP contribution in [0.5, 0.6) is 5.75 Å². The minimum atomic E-state index is -0.422. The number of likely N-dealkylation sites (N-methyl/N-ethyl adjacent to an activating group) is 1. The molecular formula is C23H25N5O3S. The Bertz CT molecular complexity index is 1180. The molecule has 0 aliphatic carbocycles. The van der Waals surface area contributed by atoms with E-state index in [0.717, 1.165) is 34.9 Å². The first-order chi connectivity index (χ1) is 15.4. The van der Waals surface area contributed by atoms with E-state index in [1.807, 2.05) is 32.0 Å². The molecule has 9 heteroatoms. The molecule has 0 radical (unpaired) electrons. The van der Waals surface area contributed by atoms with Crippen molar-refractivity contribution in [2.45, 2.75) is 32.9 Å². The first-order valence-electron chi connectivity index (χ1n) is 10.4. The second-order valence-electron chi connectivity index (χ2n) is 7.69. The van der Waals surface area contributed by atoms with Crippen molar-refractivity contribution in [1.82, 2.24) is 19.8 Å². The molecule has 2 aromatic heterocycles. The fourth-order valence-electron chi connectivity index (χ4n) is 4.51. The summed E-state index contributed by atoms with van der Waals surface area (Å²) in [5, 5.41) is 15.4. The van der Waals surface area contributed by atoms with Gasteiger partial charge in [-0.3, -0.25) is 15.1 Å². The number of benzene rings is 1. The van der Waals surface area contributed by atoms with E-state index in [9.17, 15) is 10.1 Å². The van der Waals surface area contributed by atoms with Crippen molar-refractivity contribution in [3.63, 3.8) is 0 Å². The zero-order valence-electron chi connectivity index (χ0n) is 18.4. The van der Waals surface area contributed by atoms with Crippen molar-refractivity contribution in [2.75, 3.05) is 13.7 Å². The molecule has 1 aromatic carbocycles. The predicted octanol–water partition coefficient (Wildman–Crippen LogP) is 4.40. The molecule has 1 aliphatic rings. The molecule has 0 amide bonds.